The maximum absolute atomic E-state index is 12.2. The molecule has 0 spiro atoms. The second kappa shape index (κ2) is 5.52. The van der Waals surface area contributed by atoms with E-state index in [1.165, 1.54) is 0 Å². The van der Waals surface area contributed by atoms with E-state index in [9.17, 15) is 18.9 Å². The molecule has 62 valence electrons. The number of allylic oxidation sites excluding steroid dienone is 3. The predicted octanol–water partition coefficient (Wildman–Crippen LogP) is 1.64. The molecule has 3 nitrogen and oxygen atoms in total. The van der Waals surface area contributed by atoms with E-state index in [2.05, 4.69) is 0 Å². The molecule has 0 aromatic carbocycles. The lowest BCUT2D eigenvalue weighted by atomic mass is 10.4. The van der Waals surface area contributed by atoms with Crippen LogP contribution in [-0.4, -0.2) is 18.1 Å². The molecular formula is C6H7F2NO2. The van der Waals surface area contributed by atoms with Crippen molar-refractivity contribution in [1.82, 2.24) is 0 Å². The molecule has 0 aliphatic carbocycles. The largest absolute Gasteiger partial charge is 0.264 e. The van der Waals surface area contributed by atoms with Crippen LogP contribution in [-0.2, 0) is 0 Å². The van der Waals surface area contributed by atoms with Crippen molar-refractivity contribution in [1.29, 1.82) is 0 Å². The number of halogens is 2. The van der Waals surface area contributed by atoms with Crippen LogP contribution in [0.3, 0.4) is 0 Å². The quantitative estimate of drug-likeness (QED) is 0.359. The summed E-state index contributed by atoms with van der Waals surface area (Å²) in [6, 6.07) is 0. The lowest BCUT2D eigenvalue weighted by molar-refractivity contribution is -0.473. The summed E-state index contributed by atoms with van der Waals surface area (Å²) in [6.45, 7) is -1.56. The molecule has 0 bridgehead atoms. The van der Waals surface area contributed by atoms with Gasteiger partial charge in [-0.3, -0.25) is 10.1 Å². The molecular weight excluding hydrogens is 156 g/mol. The molecule has 0 amide bonds. The molecule has 0 aliphatic rings. The smallest absolute Gasteiger partial charge is 0.254 e. The van der Waals surface area contributed by atoms with Gasteiger partial charge in [-0.25, -0.2) is 8.78 Å². The molecule has 0 aromatic heterocycles. The highest BCUT2D eigenvalue weighted by atomic mass is 19.1. The first kappa shape index (κ1) is 9.74. The molecule has 0 saturated carbocycles. The number of nitrogens with zero attached hydrogens (tertiary/aromatic N) is 1. The summed E-state index contributed by atoms with van der Waals surface area (Å²) in [7, 11) is 0. The zero-order valence-corrected chi connectivity index (χ0v) is 5.67. The van der Waals surface area contributed by atoms with E-state index >= 15 is 0 Å². The average molecular weight is 163 g/mol. The molecule has 0 atom stereocenters. The summed E-state index contributed by atoms with van der Waals surface area (Å²) >= 11 is 0. The second-order valence-electron chi connectivity index (χ2n) is 1.69. The number of nitro groups is 1. The fourth-order valence-corrected chi connectivity index (χ4v) is 0.400. The zero-order chi connectivity index (χ0) is 8.69. The van der Waals surface area contributed by atoms with E-state index in [1.54, 1.807) is 0 Å². The number of hydrogen-bond acceptors (Lipinski definition) is 2. The van der Waals surface area contributed by atoms with Crippen molar-refractivity contribution < 1.29 is 13.7 Å². The first-order chi connectivity index (χ1) is 5.16. The maximum Gasteiger partial charge on any atom is 0.254 e. The van der Waals surface area contributed by atoms with Gasteiger partial charge in [0.25, 0.3) is 6.54 Å². The Bertz CT molecular complexity index is 189. The fourth-order valence-electron chi connectivity index (χ4n) is 0.400. The van der Waals surface area contributed by atoms with Gasteiger partial charge in [-0.2, -0.15) is 0 Å². The van der Waals surface area contributed by atoms with Crippen molar-refractivity contribution in [3.05, 3.63) is 34.2 Å². The Balaban J connectivity index is 3.81. The van der Waals surface area contributed by atoms with Crippen LogP contribution >= 0.6 is 0 Å². The van der Waals surface area contributed by atoms with Gasteiger partial charge < -0.3 is 0 Å². The minimum atomic E-state index is -0.889. The van der Waals surface area contributed by atoms with Gasteiger partial charge in [0, 0.05) is 4.92 Å². The Labute approximate surface area is 62.2 Å². The van der Waals surface area contributed by atoms with Gasteiger partial charge in [0.2, 0.25) is 0 Å². The second-order valence-corrected chi connectivity index (χ2v) is 1.69. The maximum atomic E-state index is 12.2. The lowest BCUT2D eigenvalue weighted by Gasteiger charge is -1.85. The van der Waals surface area contributed by atoms with Crippen molar-refractivity contribution in [2.75, 3.05) is 13.2 Å². The molecule has 0 aromatic rings. The van der Waals surface area contributed by atoms with Crippen LogP contribution in [0.5, 0.6) is 0 Å². The summed E-state index contributed by atoms with van der Waals surface area (Å²) in [5.41, 5.74) is 0. The highest BCUT2D eigenvalue weighted by molar-refractivity contribution is 5.06. The Kier molecular flexibility index (Phi) is 4.89. The lowest BCUT2D eigenvalue weighted by Crippen LogP contribution is -1.99. The highest BCUT2D eigenvalue weighted by Crippen LogP contribution is 1.96. The van der Waals surface area contributed by atoms with Gasteiger partial charge >= 0.3 is 0 Å². The molecule has 0 N–H and O–H groups in total. The van der Waals surface area contributed by atoms with Gasteiger partial charge in [-0.05, 0) is 6.08 Å². The molecule has 0 rings (SSSR count). The van der Waals surface area contributed by atoms with Crippen LogP contribution in [0.2, 0.25) is 0 Å². The molecule has 0 fully saturated rings. The van der Waals surface area contributed by atoms with Crippen LogP contribution in [0.1, 0.15) is 0 Å². The van der Waals surface area contributed by atoms with Crippen LogP contribution < -0.4 is 0 Å². The minimum absolute atomic E-state index is 0.706. The molecule has 0 heterocycles. The summed E-state index contributed by atoms with van der Waals surface area (Å²) in [4.78, 5) is 8.87. The Morgan fingerprint density at radius 1 is 1.64 bits per heavy atom. The van der Waals surface area contributed by atoms with Crippen molar-refractivity contribution in [2.45, 2.75) is 0 Å². The molecule has 0 saturated heterocycles. The predicted molar refractivity (Wildman–Crippen MR) is 36.2 cm³/mol. The van der Waals surface area contributed by atoms with Gasteiger partial charge in [0.05, 0.1) is 0 Å². The van der Waals surface area contributed by atoms with E-state index in [1.807, 2.05) is 0 Å². The standard InChI is InChI=1S/C6H7F2NO2/c7-4-2-1-3-6(8)5-9(10)11/h1-3H,4-5H2/b2-1-,6-3+. The number of rotatable bonds is 4. The first-order valence-corrected chi connectivity index (χ1v) is 2.85. The third kappa shape index (κ3) is 6.63. The van der Waals surface area contributed by atoms with E-state index in [0.717, 1.165) is 18.2 Å². The van der Waals surface area contributed by atoms with Gasteiger partial charge in [0.1, 0.15) is 6.67 Å². The van der Waals surface area contributed by atoms with Crippen molar-refractivity contribution in [3.63, 3.8) is 0 Å². The van der Waals surface area contributed by atoms with Crippen molar-refractivity contribution >= 4 is 0 Å². The van der Waals surface area contributed by atoms with Crippen LogP contribution in [0, 0.1) is 10.1 Å². The third-order valence-electron chi connectivity index (χ3n) is 0.782. The number of alkyl halides is 1. The van der Waals surface area contributed by atoms with Gasteiger partial charge in [0.15, 0.2) is 5.83 Å². The topological polar surface area (TPSA) is 43.1 Å². The number of hydrogen-bond donors (Lipinski definition) is 0. The fraction of sp³-hybridized carbons (Fsp3) is 0.333. The summed E-state index contributed by atoms with van der Waals surface area (Å²) in [5.74, 6) is -0.889. The van der Waals surface area contributed by atoms with Crippen LogP contribution in [0.4, 0.5) is 8.78 Å². The van der Waals surface area contributed by atoms with E-state index in [-0.39, 0.29) is 0 Å². The Hall–Kier alpha value is -1.26. The molecule has 0 unspecified atom stereocenters. The monoisotopic (exact) mass is 163 g/mol. The Morgan fingerprint density at radius 3 is 2.73 bits per heavy atom. The van der Waals surface area contributed by atoms with Gasteiger partial charge in [-0.15, -0.1) is 0 Å². The Morgan fingerprint density at radius 2 is 2.27 bits per heavy atom. The molecule has 0 aliphatic heterocycles. The minimum Gasteiger partial charge on any atom is -0.264 e. The summed E-state index contributed by atoms with van der Waals surface area (Å²) < 4.78 is 23.6. The SMILES string of the molecule is O=[N+]([O-])C/C(F)=C\C=C/CF. The highest BCUT2D eigenvalue weighted by Gasteiger charge is 2.00. The molecule has 5 heteroatoms. The van der Waals surface area contributed by atoms with Crippen molar-refractivity contribution in [2.24, 2.45) is 0 Å². The molecule has 11 heavy (non-hydrogen) atoms. The van der Waals surface area contributed by atoms with E-state index in [4.69, 9.17) is 0 Å². The first-order valence-electron chi connectivity index (χ1n) is 2.85. The summed E-state index contributed by atoms with van der Waals surface area (Å²) in [5, 5.41) is 9.67. The zero-order valence-electron chi connectivity index (χ0n) is 5.67. The van der Waals surface area contributed by atoms with E-state index < -0.39 is 24.0 Å². The normalized spacial score (nSPS) is 12.4. The van der Waals surface area contributed by atoms with Gasteiger partial charge in [-0.1, -0.05) is 12.2 Å². The molecule has 0 radical (unpaired) electrons. The third-order valence-corrected chi connectivity index (χ3v) is 0.782. The van der Waals surface area contributed by atoms with Crippen LogP contribution in [0.25, 0.3) is 0 Å². The van der Waals surface area contributed by atoms with E-state index in [0.29, 0.717) is 0 Å². The summed E-state index contributed by atoms with van der Waals surface area (Å²) in [6.07, 6.45) is 3.01. The van der Waals surface area contributed by atoms with Crippen LogP contribution in [0.15, 0.2) is 24.1 Å². The van der Waals surface area contributed by atoms with Crippen molar-refractivity contribution in [3.8, 4) is 0 Å². The average Bonchev–Trinajstić information content (AvgIpc) is 1.86.